The summed E-state index contributed by atoms with van der Waals surface area (Å²) >= 11 is 0. The Labute approximate surface area is 618 Å². The standard InChI is InChI=1S/C36H32N4.C30H30N4O10.4F6P/c1-2-30-4-3-29(1)25-37-17-9-33(10-18-37)35-13-21-39(22-14-35)27-31-5-7-32(8-6-31)28-40-23-15-36(16-24-40)34-11-19-38(26-30)20-12-34;1-2-36-4-6-38-8-10-40-22-13-25-16-26(14-22)44-30-20-32-18-28(34-30)42-24-12-21(39-9-7-37-5-3-35-1)11-23(15-24)41-27-17-31-19-29(33-27)43-25;4*1-7(2,3,4,5)6/h1-24H,25-28H2;11-20H,1-10H2;;;;/q+4;;4*-1. The van der Waals surface area contributed by atoms with Crippen LogP contribution in [0, 0.1) is 0 Å². The summed E-state index contributed by atoms with van der Waals surface area (Å²) in [6, 6.07) is 45.6. The Kier molecular flexibility index (Phi) is 25.2. The molecular weight excluding hydrogens is 1640 g/mol. The molecule has 18 aliphatic heterocycles. The van der Waals surface area contributed by atoms with Crippen molar-refractivity contribution in [2.45, 2.75) is 26.2 Å². The summed E-state index contributed by atoms with van der Waals surface area (Å²) in [5.74, 6) is 3.21. The van der Waals surface area contributed by atoms with Gasteiger partial charge in [0, 0.05) is 107 Å². The third-order valence-corrected chi connectivity index (χ3v) is 13.6. The number of benzene rings is 4. The molecule has 18 nitrogen and oxygen atoms in total. The van der Waals surface area contributed by atoms with Crippen molar-refractivity contribution in [1.29, 1.82) is 0 Å². The maximum absolute atomic E-state index is 10.7. The van der Waals surface area contributed by atoms with Gasteiger partial charge < -0.3 is 47.4 Å². The normalized spacial score (nSPS) is 16.8. The van der Waals surface area contributed by atoms with E-state index in [2.05, 4.69) is 185 Å². The van der Waals surface area contributed by atoms with E-state index in [0.717, 1.165) is 26.2 Å². The van der Waals surface area contributed by atoms with Crippen molar-refractivity contribution < 1.29 is 166 Å². The van der Waals surface area contributed by atoms with E-state index >= 15 is 0 Å². The minimum absolute atomic E-state index is 0.185. The van der Waals surface area contributed by atoms with E-state index in [4.69, 9.17) is 47.4 Å². The molecule has 112 heavy (non-hydrogen) atoms. The molecule has 0 aliphatic carbocycles. The predicted molar refractivity (Wildman–Crippen MR) is 360 cm³/mol. The fourth-order valence-electron chi connectivity index (χ4n) is 9.40. The zero-order valence-corrected chi connectivity index (χ0v) is 60.6. The quantitative estimate of drug-likeness (QED) is 0.0802. The molecule has 0 N–H and O–H groups in total. The van der Waals surface area contributed by atoms with Crippen LogP contribution in [0.2, 0.25) is 0 Å². The Hall–Kier alpha value is -9.68. The largest absolute Gasteiger partial charge is 0.491 e. The molecule has 46 heteroatoms. The van der Waals surface area contributed by atoms with Gasteiger partial charge in [-0.05, 0) is 22.3 Å². The summed E-state index contributed by atoms with van der Waals surface area (Å²) < 4.78 is 304. The fourth-order valence-corrected chi connectivity index (χ4v) is 9.40. The first-order valence-corrected chi connectivity index (χ1v) is 40.0. The number of nitrogens with zero attached hydrogens (tertiary/aromatic N) is 8. The number of fused-ring (bicyclic) bond motifs is 6. The molecule has 6 aromatic heterocycles. The second kappa shape index (κ2) is 32.1. The van der Waals surface area contributed by atoms with Crippen LogP contribution in [0.5, 0.6) is 58.0 Å². The van der Waals surface area contributed by atoms with Gasteiger partial charge in [-0.15, -0.1) is 0 Å². The van der Waals surface area contributed by atoms with E-state index in [1.54, 1.807) is 36.4 Å². The van der Waals surface area contributed by atoms with Crippen LogP contribution in [0.1, 0.15) is 22.3 Å². The first kappa shape index (κ1) is 87.9. The Morgan fingerprint density at radius 2 is 0.402 bits per heavy atom. The molecule has 0 saturated carbocycles. The van der Waals surface area contributed by atoms with Crippen molar-refractivity contribution in [2.75, 3.05) is 66.1 Å². The van der Waals surface area contributed by atoms with Gasteiger partial charge in [0.2, 0.25) is 23.5 Å². The summed E-state index contributed by atoms with van der Waals surface area (Å²) in [7, 11) is -42.6. The van der Waals surface area contributed by atoms with Gasteiger partial charge in [-0.2, -0.15) is 9.97 Å². The van der Waals surface area contributed by atoms with Gasteiger partial charge in [0.25, 0.3) is 0 Å². The molecule has 10 aromatic rings. The first-order valence-electron chi connectivity index (χ1n) is 31.9. The Balaban J connectivity index is 0.000000210. The number of rotatable bonds is 0. The molecule has 18 aliphatic rings. The Morgan fingerprint density at radius 1 is 0.232 bits per heavy atom. The van der Waals surface area contributed by atoms with Gasteiger partial charge in [-0.3, -0.25) is 9.97 Å². The summed E-state index contributed by atoms with van der Waals surface area (Å²) in [6.45, 7) is 7.31. The van der Waals surface area contributed by atoms with Gasteiger partial charge in [0.05, 0.1) is 77.6 Å². The fraction of sp³-hybridized carbons (Fsp3) is 0.212. The summed E-state index contributed by atoms with van der Waals surface area (Å²) in [4.78, 5) is 17.3. The van der Waals surface area contributed by atoms with Crippen LogP contribution in [0.15, 0.2) is 208 Å². The van der Waals surface area contributed by atoms with Gasteiger partial charge in [-0.1, -0.05) is 48.5 Å². The van der Waals surface area contributed by atoms with Crippen LogP contribution in [0.4, 0.5) is 101 Å². The van der Waals surface area contributed by atoms with Crippen molar-refractivity contribution in [2.24, 2.45) is 0 Å². The molecule has 28 rings (SSSR count). The van der Waals surface area contributed by atoms with Crippen LogP contribution in [-0.2, 0) is 45.1 Å². The summed E-state index contributed by atoms with van der Waals surface area (Å²) in [5.41, 5.74) is 10.1. The minimum atomic E-state index is -10.7. The zero-order chi connectivity index (χ0) is 82.2. The summed E-state index contributed by atoms with van der Waals surface area (Å²) in [5, 5.41) is 0. The molecule has 0 saturated heterocycles. The molecular formula is C66H62F24N8O10P4. The van der Waals surface area contributed by atoms with Crippen molar-refractivity contribution in [1.82, 2.24) is 19.9 Å². The molecule has 0 spiro atoms. The van der Waals surface area contributed by atoms with Crippen LogP contribution in [0.25, 0.3) is 22.3 Å². The number of aromatic nitrogens is 8. The monoisotopic (exact) mass is 1710 g/mol. The van der Waals surface area contributed by atoms with Crippen molar-refractivity contribution in [3.63, 3.8) is 0 Å². The average Bonchev–Trinajstić information content (AvgIpc) is 0.798. The van der Waals surface area contributed by atoms with E-state index in [9.17, 15) is 101 Å². The van der Waals surface area contributed by atoms with Gasteiger partial charge in [0.15, 0.2) is 75.8 Å². The van der Waals surface area contributed by atoms with E-state index in [0.29, 0.717) is 87.4 Å². The molecule has 0 unspecified atom stereocenters. The molecule has 0 fully saturated rings. The average molecular weight is 1710 g/mol. The van der Waals surface area contributed by atoms with Crippen molar-refractivity contribution in [3.8, 4) is 80.3 Å². The molecule has 614 valence electrons. The summed E-state index contributed by atoms with van der Waals surface area (Å²) in [6.07, 6.45) is 23.2. The predicted octanol–water partition coefficient (Wildman–Crippen LogP) is 22.8. The maximum Gasteiger partial charge on any atom is 0.241 e. The van der Waals surface area contributed by atoms with Crippen LogP contribution in [0.3, 0.4) is 0 Å². The molecule has 4 aromatic carbocycles. The number of halogens is 24. The van der Waals surface area contributed by atoms with Crippen molar-refractivity contribution >= 4 is 31.2 Å². The number of hydrogen-bond acceptors (Lipinski definition) is 14. The Bertz CT molecular complexity index is 4190. The smallest absolute Gasteiger partial charge is 0.241 e. The first-order chi connectivity index (χ1) is 51.3. The van der Waals surface area contributed by atoms with E-state index in [1.165, 1.54) is 69.3 Å². The second-order valence-electron chi connectivity index (χ2n) is 23.7. The van der Waals surface area contributed by atoms with E-state index < -0.39 is 31.2 Å². The molecule has 0 radical (unpaired) electrons. The van der Waals surface area contributed by atoms with Crippen LogP contribution >= 0.6 is 31.2 Å². The molecule has 0 amide bonds. The van der Waals surface area contributed by atoms with Crippen molar-refractivity contribution in [3.05, 3.63) is 230 Å². The number of ether oxygens (including phenoxy) is 10. The maximum atomic E-state index is 9.87. The van der Waals surface area contributed by atoms with Gasteiger partial charge >= 0.3 is 132 Å². The van der Waals surface area contributed by atoms with E-state index in [1.807, 2.05) is 0 Å². The molecule has 22 bridgehead atoms. The third-order valence-electron chi connectivity index (χ3n) is 13.6. The van der Waals surface area contributed by atoms with Crippen LogP contribution in [-0.4, -0.2) is 86.0 Å². The third kappa shape index (κ3) is 42.1. The SMILES string of the molecule is F[P-](F)(F)(F)(F)F.F[P-](F)(F)(F)(F)F.F[P-](F)(F)(F)(F)F.F[P-](F)(F)(F)(F)F.c1c2cc3cc1Oc1cncc(n1)Oc1cc(cc(c1)Oc1cncc(n1)O3)OCCOCCOCCOCCOCCO2.c1cc2ccc1C[n+]1ccc(cc1)-c1cc[n+](cc1)Cc1ccc(cc1)C[n+]1ccc(cc1)-c1cc[n+](cc1)C2. The Morgan fingerprint density at radius 3 is 0.589 bits per heavy atom. The minimum Gasteiger partial charge on any atom is -0.491 e. The van der Waals surface area contributed by atoms with Crippen LogP contribution < -0.4 is 46.7 Å². The topological polar surface area (TPSA) is 159 Å². The van der Waals surface area contributed by atoms with Gasteiger partial charge in [0.1, 0.15) is 47.7 Å². The molecule has 24 heterocycles. The van der Waals surface area contributed by atoms with Gasteiger partial charge in [-0.25, -0.2) is 18.3 Å². The van der Waals surface area contributed by atoms with E-state index in [-0.39, 0.29) is 36.7 Å². The number of hydrogen-bond donors (Lipinski definition) is 0. The molecule has 0 atom stereocenters. The number of pyridine rings is 4. The second-order valence-corrected chi connectivity index (χ2v) is 31.4. The zero-order valence-electron chi connectivity index (χ0n) is 57.0.